The Kier molecular flexibility index (Phi) is 3.77. The van der Waals surface area contributed by atoms with Crippen molar-refractivity contribution in [3.05, 3.63) is 16.4 Å². The number of nitrogens with zero attached hydrogens (tertiary/aromatic N) is 3. The van der Waals surface area contributed by atoms with Crippen molar-refractivity contribution < 1.29 is 9.59 Å². The fourth-order valence-electron chi connectivity index (χ4n) is 2.28. The van der Waals surface area contributed by atoms with Crippen LogP contribution in [-0.4, -0.2) is 32.2 Å². The SMILES string of the molecule is CCc1nn(CC)c(CN2C(=O)NC(=O)C2(C)C)c1Cl. The molecule has 2 rings (SSSR count). The normalized spacial score (nSPS) is 17.8. The molecular formula is C13H19ClN4O2. The Morgan fingerprint density at radius 1 is 1.30 bits per heavy atom. The molecule has 1 aromatic rings. The summed E-state index contributed by atoms with van der Waals surface area (Å²) in [5, 5.41) is 7.33. The van der Waals surface area contributed by atoms with Crippen molar-refractivity contribution in [2.75, 3.05) is 0 Å². The first-order valence-corrected chi connectivity index (χ1v) is 7.07. The standard InChI is InChI=1S/C13H19ClN4O2/c1-5-8-10(14)9(18(6-2)16-8)7-17-12(20)15-11(19)13(17,3)4/h5-7H2,1-4H3,(H,15,19,20). The highest BCUT2D eigenvalue weighted by atomic mass is 35.5. The van der Waals surface area contributed by atoms with E-state index in [1.807, 2.05) is 13.8 Å². The first-order chi connectivity index (χ1) is 9.32. The molecule has 1 saturated heterocycles. The second-order valence-corrected chi connectivity index (χ2v) is 5.66. The predicted octanol–water partition coefficient (Wildman–Crippen LogP) is 1.95. The van der Waals surface area contributed by atoms with Crippen molar-refractivity contribution in [1.29, 1.82) is 0 Å². The molecule has 1 aliphatic heterocycles. The van der Waals surface area contributed by atoms with Gasteiger partial charge in [0.25, 0.3) is 5.91 Å². The van der Waals surface area contributed by atoms with Crippen LogP contribution < -0.4 is 5.32 Å². The van der Waals surface area contributed by atoms with Gasteiger partial charge in [-0.05, 0) is 27.2 Å². The number of rotatable bonds is 4. The molecule has 1 N–H and O–H groups in total. The van der Waals surface area contributed by atoms with Gasteiger partial charge in [-0.15, -0.1) is 0 Å². The van der Waals surface area contributed by atoms with Gasteiger partial charge in [0.1, 0.15) is 5.54 Å². The summed E-state index contributed by atoms with van der Waals surface area (Å²) in [6, 6.07) is -0.391. The summed E-state index contributed by atoms with van der Waals surface area (Å²) < 4.78 is 1.79. The molecule has 0 unspecified atom stereocenters. The first-order valence-electron chi connectivity index (χ1n) is 6.70. The van der Waals surface area contributed by atoms with Crippen LogP contribution in [0.3, 0.4) is 0 Å². The maximum Gasteiger partial charge on any atom is 0.325 e. The summed E-state index contributed by atoms with van der Waals surface area (Å²) in [4.78, 5) is 25.2. The maximum absolute atomic E-state index is 11.9. The number of aromatic nitrogens is 2. The molecule has 0 aliphatic carbocycles. The lowest BCUT2D eigenvalue weighted by molar-refractivity contribution is -0.125. The van der Waals surface area contributed by atoms with E-state index in [0.29, 0.717) is 11.6 Å². The Hall–Kier alpha value is -1.56. The zero-order valence-corrected chi connectivity index (χ0v) is 12.9. The second kappa shape index (κ2) is 5.09. The Labute approximate surface area is 123 Å². The third-order valence-electron chi connectivity index (χ3n) is 3.70. The maximum atomic E-state index is 11.9. The van der Waals surface area contributed by atoms with Crippen LogP contribution in [0.25, 0.3) is 0 Å². The van der Waals surface area contributed by atoms with Gasteiger partial charge in [0.15, 0.2) is 0 Å². The molecule has 2 heterocycles. The molecule has 0 radical (unpaired) electrons. The minimum Gasteiger partial charge on any atom is -0.304 e. The first kappa shape index (κ1) is 14.8. The van der Waals surface area contributed by atoms with Crippen molar-refractivity contribution in [2.45, 2.75) is 52.7 Å². The van der Waals surface area contributed by atoms with Crippen LogP contribution in [0, 0.1) is 0 Å². The van der Waals surface area contributed by atoms with E-state index in [2.05, 4.69) is 10.4 Å². The third kappa shape index (κ3) is 2.18. The lowest BCUT2D eigenvalue weighted by Gasteiger charge is -2.28. The van der Waals surface area contributed by atoms with Crippen LogP contribution in [0.4, 0.5) is 4.79 Å². The summed E-state index contributed by atoms with van der Waals surface area (Å²) >= 11 is 6.34. The molecule has 0 aromatic carbocycles. The molecule has 0 spiro atoms. The smallest absolute Gasteiger partial charge is 0.304 e. The van der Waals surface area contributed by atoms with Crippen molar-refractivity contribution in [3.63, 3.8) is 0 Å². The molecule has 1 aromatic heterocycles. The Balaban J connectivity index is 2.37. The fraction of sp³-hybridized carbons (Fsp3) is 0.615. The molecule has 1 aliphatic rings. The topological polar surface area (TPSA) is 67.2 Å². The number of amides is 3. The average molecular weight is 299 g/mol. The monoisotopic (exact) mass is 298 g/mol. The van der Waals surface area contributed by atoms with Gasteiger partial charge < -0.3 is 4.90 Å². The highest BCUT2D eigenvalue weighted by molar-refractivity contribution is 6.31. The van der Waals surface area contributed by atoms with E-state index in [1.54, 1.807) is 18.5 Å². The van der Waals surface area contributed by atoms with E-state index in [1.165, 1.54) is 4.90 Å². The Bertz CT molecular complexity index is 565. The second-order valence-electron chi connectivity index (χ2n) is 5.28. The quantitative estimate of drug-likeness (QED) is 0.864. The number of carbonyl (C=O) groups is 2. The van der Waals surface area contributed by atoms with E-state index >= 15 is 0 Å². The minimum absolute atomic E-state index is 0.268. The van der Waals surface area contributed by atoms with Gasteiger partial charge in [0, 0.05) is 6.54 Å². The molecule has 20 heavy (non-hydrogen) atoms. The molecule has 6 nitrogen and oxygen atoms in total. The van der Waals surface area contributed by atoms with Crippen LogP contribution in [0.2, 0.25) is 5.02 Å². The van der Waals surface area contributed by atoms with Crippen LogP contribution in [0.1, 0.15) is 39.1 Å². The van der Waals surface area contributed by atoms with Gasteiger partial charge in [0.05, 0.1) is 23.0 Å². The van der Waals surface area contributed by atoms with Gasteiger partial charge in [-0.2, -0.15) is 5.10 Å². The van der Waals surface area contributed by atoms with Gasteiger partial charge in [-0.3, -0.25) is 14.8 Å². The van der Waals surface area contributed by atoms with E-state index in [4.69, 9.17) is 11.6 Å². The van der Waals surface area contributed by atoms with E-state index in [9.17, 15) is 9.59 Å². The average Bonchev–Trinajstić information content (AvgIpc) is 2.79. The number of hydrogen-bond acceptors (Lipinski definition) is 3. The van der Waals surface area contributed by atoms with Gasteiger partial charge in [-0.1, -0.05) is 18.5 Å². The summed E-state index contributed by atoms with van der Waals surface area (Å²) in [5.41, 5.74) is 0.700. The fourth-order valence-corrected chi connectivity index (χ4v) is 2.61. The van der Waals surface area contributed by atoms with Crippen LogP contribution in [0.15, 0.2) is 0 Å². The molecule has 3 amide bonds. The number of nitrogens with one attached hydrogen (secondary N) is 1. The molecule has 110 valence electrons. The van der Waals surface area contributed by atoms with E-state index in [0.717, 1.165) is 17.8 Å². The molecule has 1 fully saturated rings. The van der Waals surface area contributed by atoms with Crippen molar-refractivity contribution in [2.24, 2.45) is 0 Å². The number of carbonyl (C=O) groups excluding carboxylic acids is 2. The Morgan fingerprint density at radius 2 is 1.95 bits per heavy atom. The molecule has 7 heteroatoms. The van der Waals surface area contributed by atoms with E-state index < -0.39 is 11.6 Å². The summed E-state index contributed by atoms with van der Waals surface area (Å²) in [6.07, 6.45) is 0.730. The van der Waals surface area contributed by atoms with Crippen LogP contribution in [0.5, 0.6) is 0 Å². The number of aryl methyl sites for hydroxylation is 2. The largest absolute Gasteiger partial charge is 0.325 e. The molecular weight excluding hydrogens is 280 g/mol. The van der Waals surface area contributed by atoms with Crippen molar-refractivity contribution in [1.82, 2.24) is 20.0 Å². The van der Waals surface area contributed by atoms with Crippen molar-refractivity contribution in [3.8, 4) is 0 Å². The molecule has 0 bridgehead atoms. The number of hydrogen-bond donors (Lipinski definition) is 1. The summed E-state index contributed by atoms with van der Waals surface area (Å²) in [5.74, 6) is -0.295. The lowest BCUT2D eigenvalue weighted by atomic mass is 10.0. The molecule has 0 saturated carbocycles. The highest BCUT2D eigenvalue weighted by Crippen LogP contribution is 2.28. The van der Waals surface area contributed by atoms with Crippen LogP contribution in [-0.2, 0) is 24.3 Å². The minimum atomic E-state index is -0.879. The summed E-state index contributed by atoms with van der Waals surface area (Å²) in [7, 11) is 0. The number of urea groups is 1. The lowest BCUT2D eigenvalue weighted by Crippen LogP contribution is -2.44. The Morgan fingerprint density at radius 3 is 2.40 bits per heavy atom. The molecule has 0 atom stereocenters. The zero-order chi connectivity index (χ0) is 15.1. The zero-order valence-electron chi connectivity index (χ0n) is 12.2. The number of imide groups is 1. The third-order valence-corrected chi connectivity index (χ3v) is 4.13. The predicted molar refractivity (Wildman–Crippen MR) is 75.4 cm³/mol. The summed E-state index contributed by atoms with van der Waals surface area (Å²) in [6.45, 7) is 8.31. The van der Waals surface area contributed by atoms with Crippen molar-refractivity contribution >= 4 is 23.5 Å². The highest BCUT2D eigenvalue weighted by Gasteiger charge is 2.46. The number of halogens is 1. The van der Waals surface area contributed by atoms with Gasteiger partial charge in [0.2, 0.25) is 0 Å². The van der Waals surface area contributed by atoms with Gasteiger partial charge >= 0.3 is 6.03 Å². The van der Waals surface area contributed by atoms with Crippen LogP contribution >= 0.6 is 11.6 Å². The van der Waals surface area contributed by atoms with E-state index in [-0.39, 0.29) is 12.5 Å². The van der Waals surface area contributed by atoms with Gasteiger partial charge in [-0.25, -0.2) is 4.79 Å².